The van der Waals surface area contributed by atoms with Crippen molar-refractivity contribution in [3.63, 3.8) is 0 Å². The van der Waals surface area contributed by atoms with E-state index in [0.717, 1.165) is 10.9 Å². The molecule has 0 bridgehead atoms. The van der Waals surface area contributed by atoms with Gasteiger partial charge in [-0.3, -0.25) is 0 Å². The molecule has 2 aromatic rings. The van der Waals surface area contributed by atoms with Crippen LogP contribution < -0.4 is 0 Å². The Morgan fingerprint density at radius 2 is 2.09 bits per heavy atom. The summed E-state index contributed by atoms with van der Waals surface area (Å²) in [6.07, 6.45) is 4.81. The summed E-state index contributed by atoms with van der Waals surface area (Å²) in [4.78, 5) is 11.7. The molecule has 3 nitrogen and oxygen atoms in total. The lowest BCUT2D eigenvalue weighted by molar-refractivity contribution is 1.20. The van der Waals surface area contributed by atoms with Gasteiger partial charge in [0.25, 0.3) is 0 Å². The molecule has 0 atom stereocenters. The number of rotatable bonds is 0. The topological polar surface area (TPSA) is 38.7 Å². The average molecular weight is 166 g/mol. The number of nitrogens with zero attached hydrogens (tertiary/aromatic N) is 3. The summed E-state index contributed by atoms with van der Waals surface area (Å²) in [5, 5.41) is 1.37. The van der Waals surface area contributed by atoms with Gasteiger partial charge in [0.15, 0.2) is 0 Å². The predicted octanol–water partition coefficient (Wildman–Crippen LogP) is 1.68. The largest absolute Gasteiger partial charge is 0.244 e. The fourth-order valence-corrected chi connectivity index (χ4v) is 1.02. The molecule has 0 aliphatic rings. The van der Waals surface area contributed by atoms with Gasteiger partial charge >= 0.3 is 0 Å². The van der Waals surface area contributed by atoms with E-state index in [-0.39, 0.29) is 0 Å². The smallest absolute Gasteiger partial charge is 0.129 e. The van der Waals surface area contributed by atoms with Gasteiger partial charge in [-0.15, -0.1) is 0 Å². The summed E-state index contributed by atoms with van der Waals surface area (Å²) >= 11 is 5.65. The molecule has 0 aromatic carbocycles. The molecule has 2 heterocycles. The first-order valence-corrected chi connectivity index (χ1v) is 3.45. The fourth-order valence-electron chi connectivity index (χ4n) is 0.857. The average Bonchev–Trinajstić information content (AvgIpc) is 2.04. The van der Waals surface area contributed by atoms with Crippen LogP contribution in [0.2, 0.25) is 5.15 Å². The molecular formula is C7H4ClN3. The number of fused-ring (bicyclic) bond motifs is 1. The lowest BCUT2D eigenvalue weighted by atomic mass is 10.3. The van der Waals surface area contributed by atoms with E-state index in [1.807, 2.05) is 0 Å². The second-order valence-electron chi connectivity index (χ2n) is 2.09. The van der Waals surface area contributed by atoms with Crippen LogP contribution in [0.25, 0.3) is 10.9 Å². The van der Waals surface area contributed by atoms with E-state index in [1.54, 1.807) is 18.5 Å². The molecule has 2 aromatic heterocycles. The SMILES string of the molecule is Clc1cc2cncnc2cn1. The van der Waals surface area contributed by atoms with E-state index < -0.39 is 0 Å². The van der Waals surface area contributed by atoms with Crippen LogP contribution in [0.1, 0.15) is 0 Å². The lowest BCUT2D eigenvalue weighted by Gasteiger charge is -1.93. The van der Waals surface area contributed by atoms with E-state index in [4.69, 9.17) is 11.6 Å². The highest BCUT2D eigenvalue weighted by Gasteiger charge is 1.94. The molecule has 2 rings (SSSR count). The van der Waals surface area contributed by atoms with Gasteiger partial charge in [-0.2, -0.15) is 0 Å². The van der Waals surface area contributed by atoms with Crippen LogP contribution in [0.4, 0.5) is 0 Å². The van der Waals surface area contributed by atoms with Crippen LogP contribution in [-0.2, 0) is 0 Å². The van der Waals surface area contributed by atoms with Crippen molar-refractivity contribution in [1.29, 1.82) is 0 Å². The summed E-state index contributed by atoms with van der Waals surface area (Å²) in [5.41, 5.74) is 0.810. The second kappa shape index (κ2) is 2.43. The lowest BCUT2D eigenvalue weighted by Crippen LogP contribution is -1.82. The molecule has 0 saturated carbocycles. The molecular weight excluding hydrogens is 162 g/mol. The first kappa shape index (κ1) is 6.49. The van der Waals surface area contributed by atoms with Gasteiger partial charge in [-0.1, -0.05) is 11.6 Å². The third-order valence-electron chi connectivity index (χ3n) is 1.36. The van der Waals surface area contributed by atoms with Gasteiger partial charge in [-0.05, 0) is 6.07 Å². The molecule has 0 spiro atoms. The van der Waals surface area contributed by atoms with E-state index in [1.165, 1.54) is 6.33 Å². The van der Waals surface area contributed by atoms with Gasteiger partial charge in [-0.25, -0.2) is 15.0 Å². The van der Waals surface area contributed by atoms with Crippen LogP contribution in [0.5, 0.6) is 0 Å². The zero-order valence-corrected chi connectivity index (χ0v) is 6.28. The summed E-state index contributed by atoms with van der Waals surface area (Å²) < 4.78 is 0. The van der Waals surface area contributed by atoms with Crippen LogP contribution in [-0.4, -0.2) is 15.0 Å². The molecule has 0 fully saturated rings. The first-order valence-electron chi connectivity index (χ1n) is 3.07. The Morgan fingerprint density at radius 3 is 3.00 bits per heavy atom. The fraction of sp³-hybridized carbons (Fsp3) is 0. The molecule has 0 amide bonds. The van der Waals surface area contributed by atoms with Crippen LogP contribution in [0.3, 0.4) is 0 Å². The molecule has 0 aliphatic carbocycles. The maximum absolute atomic E-state index is 5.65. The molecule has 0 radical (unpaired) electrons. The Morgan fingerprint density at radius 1 is 1.18 bits per heavy atom. The maximum atomic E-state index is 5.65. The highest BCUT2D eigenvalue weighted by atomic mass is 35.5. The molecule has 11 heavy (non-hydrogen) atoms. The Labute approximate surface area is 68.1 Å². The minimum atomic E-state index is 0.465. The van der Waals surface area contributed by atoms with Crippen molar-refractivity contribution in [3.8, 4) is 0 Å². The van der Waals surface area contributed by atoms with Crippen molar-refractivity contribution >= 4 is 22.5 Å². The number of halogens is 1. The zero-order chi connectivity index (χ0) is 7.68. The van der Waals surface area contributed by atoms with E-state index >= 15 is 0 Å². The zero-order valence-electron chi connectivity index (χ0n) is 5.53. The molecule has 54 valence electrons. The number of pyridine rings is 1. The van der Waals surface area contributed by atoms with Gasteiger partial charge in [0.2, 0.25) is 0 Å². The molecule has 0 N–H and O–H groups in total. The quantitative estimate of drug-likeness (QED) is 0.558. The first-order chi connectivity index (χ1) is 5.36. The highest BCUT2D eigenvalue weighted by Crippen LogP contribution is 2.12. The van der Waals surface area contributed by atoms with E-state index in [9.17, 15) is 0 Å². The van der Waals surface area contributed by atoms with Crippen LogP contribution in [0.15, 0.2) is 24.8 Å². The minimum Gasteiger partial charge on any atom is -0.244 e. The Balaban J connectivity index is 2.83. The minimum absolute atomic E-state index is 0.465. The van der Waals surface area contributed by atoms with Gasteiger partial charge < -0.3 is 0 Å². The molecule has 4 heteroatoms. The van der Waals surface area contributed by atoms with Gasteiger partial charge in [0, 0.05) is 11.6 Å². The Bertz CT molecular complexity index is 388. The summed E-state index contributed by atoms with van der Waals surface area (Å²) in [5.74, 6) is 0. The van der Waals surface area contributed by atoms with Crippen molar-refractivity contribution in [2.75, 3.05) is 0 Å². The van der Waals surface area contributed by atoms with Crippen molar-refractivity contribution in [2.45, 2.75) is 0 Å². The third kappa shape index (κ3) is 1.14. The summed E-state index contributed by atoms with van der Waals surface area (Å²) in [6, 6.07) is 1.73. The number of aromatic nitrogens is 3. The molecule has 0 saturated heterocycles. The van der Waals surface area contributed by atoms with E-state index in [2.05, 4.69) is 15.0 Å². The molecule has 0 aliphatic heterocycles. The number of hydrogen-bond donors (Lipinski definition) is 0. The second-order valence-corrected chi connectivity index (χ2v) is 2.48. The van der Waals surface area contributed by atoms with Crippen LogP contribution >= 0.6 is 11.6 Å². The maximum Gasteiger partial charge on any atom is 0.129 e. The van der Waals surface area contributed by atoms with Crippen molar-refractivity contribution in [3.05, 3.63) is 29.9 Å². The Kier molecular flexibility index (Phi) is 1.43. The van der Waals surface area contributed by atoms with E-state index in [0.29, 0.717) is 5.15 Å². The summed E-state index contributed by atoms with van der Waals surface area (Å²) in [6.45, 7) is 0. The highest BCUT2D eigenvalue weighted by molar-refractivity contribution is 6.30. The standard InChI is InChI=1S/C7H4ClN3/c8-7-1-5-2-9-4-11-6(5)3-10-7/h1-4H. The van der Waals surface area contributed by atoms with Crippen molar-refractivity contribution in [2.24, 2.45) is 0 Å². The number of hydrogen-bond acceptors (Lipinski definition) is 3. The summed E-state index contributed by atoms with van der Waals surface area (Å²) in [7, 11) is 0. The molecule has 0 unspecified atom stereocenters. The Hall–Kier alpha value is -1.22. The van der Waals surface area contributed by atoms with Crippen LogP contribution in [0, 0.1) is 0 Å². The van der Waals surface area contributed by atoms with Crippen molar-refractivity contribution < 1.29 is 0 Å². The van der Waals surface area contributed by atoms with Gasteiger partial charge in [0.05, 0.1) is 11.7 Å². The predicted molar refractivity (Wildman–Crippen MR) is 42.3 cm³/mol. The monoisotopic (exact) mass is 165 g/mol. The van der Waals surface area contributed by atoms with Gasteiger partial charge in [0.1, 0.15) is 11.5 Å². The normalized spacial score (nSPS) is 10.3. The third-order valence-corrected chi connectivity index (χ3v) is 1.56. The van der Waals surface area contributed by atoms with Crippen molar-refractivity contribution in [1.82, 2.24) is 15.0 Å².